The van der Waals surface area contributed by atoms with Gasteiger partial charge in [0.1, 0.15) is 11.9 Å². The standard InChI is InChI=1S/C13H14FNO4/c1-19-13(18)11-6-10(16)7-15(11)12(17)8-2-4-9(14)5-3-8/h2-5,10-11,16H,6-7H2,1H3. The van der Waals surface area contributed by atoms with Crippen molar-refractivity contribution in [2.45, 2.75) is 18.6 Å². The second-order valence-corrected chi connectivity index (χ2v) is 4.39. The third-order valence-electron chi connectivity index (χ3n) is 3.10. The minimum absolute atomic E-state index is 0.0655. The molecule has 1 aliphatic heterocycles. The van der Waals surface area contributed by atoms with Crippen molar-refractivity contribution >= 4 is 11.9 Å². The van der Waals surface area contributed by atoms with Crippen LogP contribution in [0.2, 0.25) is 0 Å². The molecule has 6 heteroatoms. The van der Waals surface area contributed by atoms with Crippen LogP contribution in [0.15, 0.2) is 24.3 Å². The largest absolute Gasteiger partial charge is 0.467 e. The van der Waals surface area contributed by atoms with E-state index in [0.29, 0.717) is 0 Å². The molecular formula is C13H14FNO4. The molecule has 1 aromatic carbocycles. The van der Waals surface area contributed by atoms with Gasteiger partial charge < -0.3 is 14.7 Å². The Kier molecular flexibility index (Phi) is 3.80. The summed E-state index contributed by atoms with van der Waals surface area (Å²) in [6.45, 7) is 0.0655. The fourth-order valence-electron chi connectivity index (χ4n) is 2.16. The molecule has 0 saturated carbocycles. The number of likely N-dealkylation sites (tertiary alicyclic amines) is 1. The molecule has 1 aliphatic rings. The van der Waals surface area contributed by atoms with Gasteiger partial charge in [0.15, 0.2) is 0 Å². The quantitative estimate of drug-likeness (QED) is 0.796. The van der Waals surface area contributed by atoms with E-state index in [1.54, 1.807) is 0 Å². The number of methoxy groups -OCH3 is 1. The summed E-state index contributed by atoms with van der Waals surface area (Å²) in [5.41, 5.74) is 0.268. The minimum atomic E-state index is -0.794. The molecule has 2 rings (SSSR count). The summed E-state index contributed by atoms with van der Waals surface area (Å²) in [6, 6.07) is 4.24. The Morgan fingerprint density at radius 2 is 2.00 bits per heavy atom. The molecular weight excluding hydrogens is 253 g/mol. The maximum absolute atomic E-state index is 12.8. The third-order valence-corrected chi connectivity index (χ3v) is 3.10. The molecule has 1 amide bonds. The van der Waals surface area contributed by atoms with E-state index in [1.807, 2.05) is 0 Å². The first-order valence-electron chi connectivity index (χ1n) is 5.85. The Hall–Kier alpha value is -1.95. The van der Waals surface area contributed by atoms with E-state index in [-0.39, 0.29) is 18.5 Å². The van der Waals surface area contributed by atoms with Gasteiger partial charge in [-0.25, -0.2) is 9.18 Å². The molecule has 5 nitrogen and oxygen atoms in total. The second-order valence-electron chi connectivity index (χ2n) is 4.39. The first kappa shape index (κ1) is 13.5. The fourth-order valence-corrected chi connectivity index (χ4v) is 2.16. The van der Waals surface area contributed by atoms with Crippen molar-refractivity contribution in [1.29, 1.82) is 0 Å². The molecule has 0 bridgehead atoms. The van der Waals surface area contributed by atoms with E-state index in [4.69, 9.17) is 0 Å². The number of halogens is 1. The number of aliphatic hydroxyl groups is 1. The van der Waals surface area contributed by atoms with Gasteiger partial charge >= 0.3 is 5.97 Å². The summed E-state index contributed by atoms with van der Waals surface area (Å²) >= 11 is 0. The van der Waals surface area contributed by atoms with Crippen molar-refractivity contribution in [2.24, 2.45) is 0 Å². The highest BCUT2D eigenvalue weighted by Gasteiger charge is 2.39. The monoisotopic (exact) mass is 267 g/mol. The summed E-state index contributed by atoms with van der Waals surface area (Å²) in [6.07, 6.45) is -0.604. The highest BCUT2D eigenvalue weighted by molar-refractivity contribution is 5.97. The van der Waals surface area contributed by atoms with Crippen molar-refractivity contribution in [1.82, 2.24) is 4.90 Å². The van der Waals surface area contributed by atoms with E-state index in [2.05, 4.69) is 4.74 Å². The molecule has 1 N–H and O–H groups in total. The molecule has 1 heterocycles. The molecule has 0 radical (unpaired) electrons. The Labute approximate surface area is 109 Å². The van der Waals surface area contributed by atoms with E-state index < -0.39 is 29.8 Å². The maximum atomic E-state index is 12.8. The summed E-state index contributed by atoms with van der Waals surface area (Å²) in [5, 5.41) is 9.59. The Morgan fingerprint density at radius 1 is 1.37 bits per heavy atom. The van der Waals surface area contributed by atoms with E-state index in [0.717, 1.165) is 0 Å². The number of benzene rings is 1. The lowest BCUT2D eigenvalue weighted by Crippen LogP contribution is -2.41. The van der Waals surface area contributed by atoms with Crippen LogP contribution in [0.3, 0.4) is 0 Å². The van der Waals surface area contributed by atoms with Gasteiger partial charge in [0.05, 0.1) is 13.2 Å². The molecule has 2 unspecified atom stereocenters. The van der Waals surface area contributed by atoms with Gasteiger partial charge in [-0.15, -0.1) is 0 Å². The number of nitrogens with zero attached hydrogens (tertiary/aromatic N) is 1. The Bertz CT molecular complexity index is 488. The Morgan fingerprint density at radius 3 is 2.58 bits per heavy atom. The molecule has 0 aromatic heterocycles. The van der Waals surface area contributed by atoms with E-state index >= 15 is 0 Å². The third kappa shape index (κ3) is 2.73. The molecule has 2 atom stereocenters. The number of carbonyl (C=O) groups excluding carboxylic acids is 2. The van der Waals surface area contributed by atoms with Crippen molar-refractivity contribution in [2.75, 3.05) is 13.7 Å². The van der Waals surface area contributed by atoms with Crippen LogP contribution < -0.4 is 0 Å². The lowest BCUT2D eigenvalue weighted by molar-refractivity contribution is -0.145. The number of β-amino-alcohol motifs (C(OH)–C–C–N with tert-alkyl or cyclic N) is 1. The van der Waals surface area contributed by atoms with Gasteiger partial charge in [0, 0.05) is 18.5 Å². The molecule has 1 aromatic rings. The maximum Gasteiger partial charge on any atom is 0.328 e. The van der Waals surface area contributed by atoms with Crippen LogP contribution >= 0.6 is 0 Å². The average molecular weight is 267 g/mol. The number of hydrogen-bond acceptors (Lipinski definition) is 4. The summed E-state index contributed by atoms with van der Waals surface area (Å²) in [5.74, 6) is -1.43. The molecule has 102 valence electrons. The highest BCUT2D eigenvalue weighted by Crippen LogP contribution is 2.21. The van der Waals surface area contributed by atoms with Crippen molar-refractivity contribution in [3.05, 3.63) is 35.6 Å². The van der Waals surface area contributed by atoms with Gasteiger partial charge in [-0.1, -0.05) is 0 Å². The molecule has 19 heavy (non-hydrogen) atoms. The zero-order chi connectivity index (χ0) is 14.0. The van der Waals surface area contributed by atoms with Crippen LogP contribution in [-0.4, -0.2) is 47.7 Å². The zero-order valence-corrected chi connectivity index (χ0v) is 10.4. The number of aliphatic hydroxyl groups excluding tert-OH is 1. The van der Waals surface area contributed by atoms with Crippen molar-refractivity contribution < 1.29 is 23.8 Å². The number of hydrogen-bond donors (Lipinski definition) is 1. The Balaban J connectivity index is 2.21. The molecule has 1 saturated heterocycles. The van der Waals surface area contributed by atoms with Crippen LogP contribution in [0.4, 0.5) is 4.39 Å². The predicted molar refractivity (Wildman–Crippen MR) is 63.9 cm³/mol. The topological polar surface area (TPSA) is 66.8 Å². The van der Waals surface area contributed by atoms with Gasteiger partial charge in [-0.05, 0) is 24.3 Å². The van der Waals surface area contributed by atoms with Crippen LogP contribution in [-0.2, 0) is 9.53 Å². The number of rotatable bonds is 2. The smallest absolute Gasteiger partial charge is 0.328 e. The predicted octanol–water partition coefficient (Wildman–Crippen LogP) is 0.574. The van der Waals surface area contributed by atoms with Crippen molar-refractivity contribution in [3.8, 4) is 0 Å². The normalized spacial score (nSPS) is 22.4. The van der Waals surface area contributed by atoms with E-state index in [9.17, 15) is 19.1 Å². The van der Waals surface area contributed by atoms with Crippen molar-refractivity contribution in [3.63, 3.8) is 0 Å². The second kappa shape index (κ2) is 5.36. The van der Waals surface area contributed by atoms with Gasteiger partial charge in [-0.3, -0.25) is 4.79 Å². The zero-order valence-electron chi connectivity index (χ0n) is 10.4. The fraction of sp³-hybridized carbons (Fsp3) is 0.385. The van der Waals surface area contributed by atoms with Gasteiger partial charge in [0.25, 0.3) is 5.91 Å². The number of amides is 1. The highest BCUT2D eigenvalue weighted by atomic mass is 19.1. The molecule has 0 aliphatic carbocycles. The van der Waals surface area contributed by atoms with Crippen LogP contribution in [0, 0.1) is 5.82 Å². The summed E-state index contributed by atoms with van der Waals surface area (Å²) in [7, 11) is 1.23. The van der Waals surface area contributed by atoms with Crippen LogP contribution in [0.1, 0.15) is 16.8 Å². The van der Waals surface area contributed by atoms with E-state index in [1.165, 1.54) is 36.3 Å². The van der Waals surface area contributed by atoms with Crippen LogP contribution in [0.25, 0.3) is 0 Å². The number of esters is 1. The average Bonchev–Trinajstić information content (AvgIpc) is 2.80. The number of carbonyl (C=O) groups is 2. The van der Waals surface area contributed by atoms with Crippen LogP contribution in [0.5, 0.6) is 0 Å². The molecule has 1 fully saturated rings. The lowest BCUT2D eigenvalue weighted by Gasteiger charge is -2.22. The first-order valence-corrected chi connectivity index (χ1v) is 5.85. The number of ether oxygens (including phenoxy) is 1. The summed E-state index contributed by atoms with van der Waals surface area (Å²) in [4.78, 5) is 25.0. The molecule has 0 spiro atoms. The van der Waals surface area contributed by atoms with Gasteiger partial charge in [-0.2, -0.15) is 0 Å². The summed E-state index contributed by atoms with van der Waals surface area (Å²) < 4.78 is 17.4. The SMILES string of the molecule is COC(=O)C1CC(O)CN1C(=O)c1ccc(F)cc1. The first-order chi connectivity index (χ1) is 9.02. The van der Waals surface area contributed by atoms with Gasteiger partial charge in [0.2, 0.25) is 0 Å². The lowest BCUT2D eigenvalue weighted by atomic mass is 10.1. The minimum Gasteiger partial charge on any atom is -0.467 e.